The minimum atomic E-state index is -1.76. The van der Waals surface area contributed by atoms with Crippen LogP contribution in [0.25, 0.3) is 11.6 Å². The molecule has 9 heteroatoms. The molecule has 36 heavy (non-hydrogen) atoms. The summed E-state index contributed by atoms with van der Waals surface area (Å²) in [7, 11) is 1.11. The second kappa shape index (κ2) is 10.9. The van der Waals surface area contributed by atoms with E-state index in [4.69, 9.17) is 9.47 Å². The summed E-state index contributed by atoms with van der Waals surface area (Å²) in [4.78, 5) is 16.9. The van der Waals surface area contributed by atoms with Crippen molar-refractivity contribution in [3.8, 4) is 11.5 Å². The lowest BCUT2D eigenvalue weighted by Gasteiger charge is -2.18. The summed E-state index contributed by atoms with van der Waals surface area (Å²) >= 11 is 0. The molecule has 2 aromatic carbocycles. The first kappa shape index (κ1) is 25.4. The van der Waals surface area contributed by atoms with Crippen molar-refractivity contribution >= 4 is 30.1 Å². The van der Waals surface area contributed by atoms with E-state index in [0.717, 1.165) is 22.3 Å². The molecule has 2 atom stereocenters. The van der Waals surface area contributed by atoms with E-state index in [9.17, 15) is 19.2 Å². The number of nitrogens with one attached hydrogen (secondary N) is 1. The topological polar surface area (TPSA) is 101 Å². The number of carbonyl (C=O) groups excluding carboxylic acids is 1. The number of fused-ring (bicyclic) bond motifs is 1. The van der Waals surface area contributed by atoms with Crippen molar-refractivity contribution in [2.24, 2.45) is 5.92 Å². The Balaban J connectivity index is 1.65. The smallest absolute Gasteiger partial charge is 0.496 e. The van der Waals surface area contributed by atoms with Gasteiger partial charge in [-0.1, -0.05) is 25.1 Å². The molecule has 1 amide bonds. The Kier molecular flexibility index (Phi) is 7.71. The number of allylic oxidation sites excluding steroid dienone is 1. The fraction of sp³-hybridized carbons (Fsp3) is 0.259. The number of pyridine rings is 1. The molecule has 1 aromatic heterocycles. The molecule has 186 valence electrons. The molecule has 0 saturated carbocycles. The van der Waals surface area contributed by atoms with Crippen molar-refractivity contribution < 1.29 is 28.7 Å². The van der Waals surface area contributed by atoms with Crippen molar-refractivity contribution in [3.05, 3.63) is 82.9 Å². The monoisotopic (exact) mass is 490 g/mol. The van der Waals surface area contributed by atoms with Gasteiger partial charge in [0, 0.05) is 25.4 Å². The Labute approximate surface area is 209 Å². The Bertz CT molecular complexity index is 1260. The number of hydrogen-bond acceptors (Lipinski definition) is 6. The highest BCUT2D eigenvalue weighted by molar-refractivity contribution is 6.61. The highest BCUT2D eigenvalue weighted by Gasteiger charge is 2.35. The number of carbonyl (C=O) groups is 1. The van der Waals surface area contributed by atoms with Gasteiger partial charge in [-0.15, -0.1) is 0 Å². The maximum Gasteiger partial charge on any atom is 0.496 e. The first-order valence-electron chi connectivity index (χ1n) is 11.6. The van der Waals surface area contributed by atoms with E-state index in [2.05, 4.69) is 10.3 Å². The number of methoxy groups -OCH3 is 2. The van der Waals surface area contributed by atoms with Gasteiger partial charge in [0.2, 0.25) is 5.91 Å². The van der Waals surface area contributed by atoms with Crippen LogP contribution in [0.5, 0.6) is 11.5 Å². The van der Waals surface area contributed by atoms with Crippen LogP contribution in [0.3, 0.4) is 0 Å². The number of aromatic nitrogens is 1. The highest BCUT2D eigenvalue weighted by Crippen LogP contribution is 2.48. The quantitative estimate of drug-likeness (QED) is 0.420. The van der Waals surface area contributed by atoms with E-state index in [0.29, 0.717) is 12.1 Å². The van der Waals surface area contributed by atoms with Crippen molar-refractivity contribution in [2.45, 2.75) is 25.8 Å². The molecule has 0 fully saturated rings. The molecular weight excluding hydrogens is 462 g/mol. The minimum absolute atomic E-state index is 0.0777. The van der Waals surface area contributed by atoms with Crippen molar-refractivity contribution in [3.63, 3.8) is 0 Å². The molecule has 3 N–H and O–H groups in total. The molecular formula is C27H28BFN2O5. The molecule has 0 radical (unpaired) electrons. The lowest BCUT2D eigenvalue weighted by atomic mass is 9.78. The van der Waals surface area contributed by atoms with Gasteiger partial charge in [0.1, 0.15) is 17.3 Å². The molecule has 0 aliphatic heterocycles. The maximum atomic E-state index is 14.2. The standard InChI is InChI=1S/C27H28BFN2O5/c1-16-21(9-18-10-24(35-2)27(28(33)34)25(11-18)36-3)20-7-6-19(29)12-23(20)22(16)13-26(32)31-15-17-5-4-8-30-14-17/h4-12,14,16,22,33-34H,13,15H2,1-3H3,(H,31,32)/b21-9-. The number of ether oxygens (including phenoxy) is 2. The van der Waals surface area contributed by atoms with E-state index in [1.807, 2.05) is 25.1 Å². The molecule has 0 saturated heterocycles. The highest BCUT2D eigenvalue weighted by atomic mass is 19.1. The Hall–Kier alpha value is -3.69. The van der Waals surface area contributed by atoms with Crippen LogP contribution in [0, 0.1) is 11.7 Å². The summed E-state index contributed by atoms with van der Waals surface area (Å²) < 4.78 is 25.0. The van der Waals surface area contributed by atoms with Gasteiger partial charge in [0.05, 0.1) is 19.7 Å². The minimum Gasteiger partial charge on any atom is -0.497 e. The largest absolute Gasteiger partial charge is 0.497 e. The zero-order valence-corrected chi connectivity index (χ0v) is 20.4. The van der Waals surface area contributed by atoms with Crippen LogP contribution >= 0.6 is 0 Å². The van der Waals surface area contributed by atoms with Gasteiger partial charge in [-0.2, -0.15) is 0 Å². The van der Waals surface area contributed by atoms with Gasteiger partial charge in [0.25, 0.3) is 0 Å². The number of rotatable bonds is 8. The summed E-state index contributed by atoms with van der Waals surface area (Å²) in [6.07, 6.45) is 5.52. The van der Waals surface area contributed by atoms with Crippen LogP contribution in [0.15, 0.2) is 54.9 Å². The van der Waals surface area contributed by atoms with Gasteiger partial charge in [-0.25, -0.2) is 4.39 Å². The van der Waals surface area contributed by atoms with Crippen molar-refractivity contribution in [1.82, 2.24) is 10.3 Å². The van der Waals surface area contributed by atoms with Gasteiger partial charge in [0.15, 0.2) is 0 Å². The number of nitrogens with zero attached hydrogens (tertiary/aromatic N) is 1. The lowest BCUT2D eigenvalue weighted by Crippen LogP contribution is -2.32. The van der Waals surface area contributed by atoms with E-state index in [-0.39, 0.29) is 46.9 Å². The van der Waals surface area contributed by atoms with Crippen molar-refractivity contribution in [2.75, 3.05) is 14.2 Å². The number of benzene rings is 2. The molecule has 0 spiro atoms. The van der Waals surface area contributed by atoms with Gasteiger partial charge < -0.3 is 24.8 Å². The lowest BCUT2D eigenvalue weighted by molar-refractivity contribution is -0.121. The summed E-state index contributed by atoms with van der Waals surface area (Å²) in [5, 5.41) is 22.4. The second-order valence-corrected chi connectivity index (χ2v) is 8.78. The summed E-state index contributed by atoms with van der Waals surface area (Å²) in [6, 6.07) is 11.7. The average molecular weight is 490 g/mol. The molecule has 4 rings (SSSR count). The molecule has 7 nitrogen and oxygen atoms in total. The maximum absolute atomic E-state index is 14.2. The van der Waals surface area contributed by atoms with E-state index in [1.54, 1.807) is 30.6 Å². The number of hydrogen-bond donors (Lipinski definition) is 3. The van der Waals surface area contributed by atoms with Gasteiger partial charge in [-0.05, 0) is 70.0 Å². The molecule has 1 aliphatic rings. The van der Waals surface area contributed by atoms with Crippen LogP contribution in [0.2, 0.25) is 0 Å². The SMILES string of the molecule is COc1cc(/C=C2\c3ccc(F)cc3C(CC(=O)NCc3cccnc3)C2C)cc(OC)c1B(O)O. The first-order valence-corrected chi connectivity index (χ1v) is 11.6. The molecule has 3 aromatic rings. The average Bonchev–Trinajstić information content (AvgIpc) is 3.12. The van der Waals surface area contributed by atoms with Crippen LogP contribution in [-0.2, 0) is 11.3 Å². The summed E-state index contributed by atoms with van der Waals surface area (Å²) in [6.45, 7) is 2.39. The zero-order valence-electron chi connectivity index (χ0n) is 20.4. The Morgan fingerprint density at radius 1 is 1.17 bits per heavy atom. The molecule has 1 aliphatic carbocycles. The number of amides is 1. The van der Waals surface area contributed by atoms with Crippen LogP contribution in [0.4, 0.5) is 4.39 Å². The molecule has 2 unspecified atom stereocenters. The Morgan fingerprint density at radius 3 is 2.50 bits per heavy atom. The third-order valence-electron chi connectivity index (χ3n) is 6.58. The summed E-state index contributed by atoms with van der Waals surface area (Å²) in [5.74, 6) is -0.228. The number of halogens is 1. The fourth-order valence-corrected chi connectivity index (χ4v) is 4.78. The van der Waals surface area contributed by atoms with Crippen LogP contribution in [-0.4, -0.2) is 42.3 Å². The van der Waals surface area contributed by atoms with Crippen LogP contribution < -0.4 is 20.3 Å². The van der Waals surface area contributed by atoms with Gasteiger partial charge in [-0.3, -0.25) is 9.78 Å². The second-order valence-electron chi connectivity index (χ2n) is 8.78. The van der Waals surface area contributed by atoms with E-state index in [1.165, 1.54) is 26.4 Å². The molecule has 1 heterocycles. The van der Waals surface area contributed by atoms with E-state index < -0.39 is 7.12 Å². The Morgan fingerprint density at radius 2 is 1.89 bits per heavy atom. The molecule has 0 bridgehead atoms. The third kappa shape index (κ3) is 5.27. The van der Waals surface area contributed by atoms with Gasteiger partial charge >= 0.3 is 7.12 Å². The summed E-state index contributed by atoms with van der Waals surface area (Å²) in [5.41, 5.74) is 4.34. The first-order chi connectivity index (χ1) is 17.3. The predicted octanol–water partition coefficient (Wildman–Crippen LogP) is 2.90. The predicted molar refractivity (Wildman–Crippen MR) is 136 cm³/mol. The van der Waals surface area contributed by atoms with Crippen LogP contribution in [0.1, 0.15) is 41.5 Å². The van der Waals surface area contributed by atoms with Crippen molar-refractivity contribution in [1.29, 1.82) is 0 Å². The normalized spacial score (nSPS) is 17.6. The fourth-order valence-electron chi connectivity index (χ4n) is 4.78. The van der Waals surface area contributed by atoms with E-state index >= 15 is 0 Å². The zero-order chi connectivity index (χ0) is 25.8. The third-order valence-corrected chi connectivity index (χ3v) is 6.58.